The zero-order valence-electron chi connectivity index (χ0n) is 13.0. The smallest absolute Gasteiger partial charge is 0.325 e. The van der Waals surface area contributed by atoms with Crippen LogP contribution in [0.2, 0.25) is 0 Å². The number of amides is 3. The van der Waals surface area contributed by atoms with Gasteiger partial charge in [0.25, 0.3) is 5.91 Å². The number of amidine groups is 1. The molecule has 0 aromatic rings. The van der Waals surface area contributed by atoms with E-state index >= 15 is 0 Å². The molecule has 1 N–H and O–H groups in total. The van der Waals surface area contributed by atoms with Gasteiger partial charge < -0.3 is 9.80 Å². The second-order valence-corrected chi connectivity index (χ2v) is 6.49. The number of carbonyl (C=O) groups excluding carboxylic acids is 2. The van der Waals surface area contributed by atoms with E-state index in [4.69, 9.17) is 0 Å². The highest BCUT2D eigenvalue weighted by Crippen LogP contribution is 2.29. The summed E-state index contributed by atoms with van der Waals surface area (Å²) in [6, 6.07) is -0.733. The second kappa shape index (κ2) is 7.15. The summed E-state index contributed by atoms with van der Waals surface area (Å²) in [5.41, 5.74) is 0. The molecule has 0 bridgehead atoms. The Hall–Kier alpha value is -1.24. The number of nitrogens with one attached hydrogen (secondary N) is 1. The van der Waals surface area contributed by atoms with Crippen molar-refractivity contribution in [1.29, 1.82) is 0 Å². The minimum Gasteiger partial charge on any atom is -0.336 e. The Kier molecular flexibility index (Phi) is 5.50. The normalized spacial score (nSPS) is 25.0. The van der Waals surface area contributed by atoms with E-state index < -0.39 is 0 Å². The minimum atomic E-state index is -0.382. The van der Waals surface area contributed by atoms with Crippen molar-refractivity contribution in [2.24, 2.45) is 4.99 Å². The number of likely N-dealkylation sites (N-methyl/N-ethyl adjacent to an activating group) is 1. The van der Waals surface area contributed by atoms with Crippen LogP contribution in [0.25, 0.3) is 0 Å². The molecule has 0 aromatic carbocycles. The highest BCUT2D eigenvalue weighted by atomic mass is 32.2. The van der Waals surface area contributed by atoms with Crippen molar-refractivity contribution < 1.29 is 9.59 Å². The zero-order valence-corrected chi connectivity index (χ0v) is 13.8. The summed E-state index contributed by atoms with van der Waals surface area (Å²) in [6.45, 7) is 5.10. The van der Waals surface area contributed by atoms with Crippen molar-refractivity contribution in [1.82, 2.24) is 15.1 Å². The van der Waals surface area contributed by atoms with Crippen molar-refractivity contribution >= 4 is 28.9 Å². The number of rotatable bonds is 6. The average molecular weight is 312 g/mol. The SMILES string of the molecule is CCCCSC1=NC2C(C(=O)NC(=O)N2C)N1CCCC. The van der Waals surface area contributed by atoms with Gasteiger partial charge in [-0.2, -0.15) is 0 Å². The lowest BCUT2D eigenvalue weighted by atomic mass is 10.1. The third-order valence-electron chi connectivity index (χ3n) is 3.80. The Morgan fingerprint density at radius 3 is 2.62 bits per heavy atom. The number of hydrogen-bond donors (Lipinski definition) is 1. The van der Waals surface area contributed by atoms with Gasteiger partial charge in [0, 0.05) is 19.3 Å². The van der Waals surface area contributed by atoms with Crippen LogP contribution >= 0.6 is 11.8 Å². The molecule has 2 aliphatic rings. The standard InChI is InChI=1S/C14H24N4O2S/c1-4-6-8-18-10-11(15-14(18)21-9-7-5-2)17(3)13(20)16-12(10)19/h10-11H,4-9H2,1-3H3,(H,16,19,20). The number of imide groups is 1. The molecule has 2 unspecified atom stereocenters. The van der Waals surface area contributed by atoms with Gasteiger partial charge in [-0.25, -0.2) is 9.79 Å². The van der Waals surface area contributed by atoms with E-state index in [2.05, 4.69) is 29.1 Å². The fourth-order valence-electron chi connectivity index (χ4n) is 2.49. The molecule has 21 heavy (non-hydrogen) atoms. The molecule has 3 amide bonds. The van der Waals surface area contributed by atoms with Crippen LogP contribution in [0.3, 0.4) is 0 Å². The summed E-state index contributed by atoms with van der Waals surface area (Å²) in [4.78, 5) is 32.2. The van der Waals surface area contributed by atoms with Crippen molar-refractivity contribution in [2.75, 3.05) is 19.3 Å². The van der Waals surface area contributed by atoms with Gasteiger partial charge in [-0.3, -0.25) is 10.1 Å². The molecule has 2 heterocycles. The Bertz CT molecular complexity index is 441. The molecule has 118 valence electrons. The maximum atomic E-state index is 12.2. The third-order valence-corrected chi connectivity index (χ3v) is 4.90. The molecular formula is C14H24N4O2S. The van der Waals surface area contributed by atoms with Crippen LogP contribution in [0, 0.1) is 0 Å². The number of fused-ring (bicyclic) bond motifs is 1. The molecule has 0 radical (unpaired) electrons. The summed E-state index contributed by atoms with van der Waals surface area (Å²) in [6.07, 6.45) is 3.97. The maximum absolute atomic E-state index is 12.2. The van der Waals surface area contributed by atoms with Gasteiger partial charge in [0.1, 0.15) is 0 Å². The zero-order chi connectivity index (χ0) is 15.4. The Morgan fingerprint density at radius 1 is 1.24 bits per heavy atom. The van der Waals surface area contributed by atoms with Gasteiger partial charge in [0.2, 0.25) is 0 Å². The van der Waals surface area contributed by atoms with Crippen molar-refractivity contribution in [3.63, 3.8) is 0 Å². The largest absolute Gasteiger partial charge is 0.336 e. The average Bonchev–Trinajstić information content (AvgIpc) is 2.82. The first-order valence-corrected chi connectivity index (χ1v) is 8.63. The van der Waals surface area contributed by atoms with E-state index in [1.165, 1.54) is 4.90 Å². The molecule has 1 saturated heterocycles. The Balaban J connectivity index is 2.16. The van der Waals surface area contributed by atoms with E-state index in [1.807, 2.05) is 0 Å². The van der Waals surface area contributed by atoms with Crippen molar-refractivity contribution in [2.45, 2.75) is 51.7 Å². The minimum absolute atomic E-state index is 0.228. The monoisotopic (exact) mass is 312 g/mol. The fourth-order valence-corrected chi connectivity index (χ4v) is 3.66. The Morgan fingerprint density at radius 2 is 1.95 bits per heavy atom. The van der Waals surface area contributed by atoms with Crippen LogP contribution in [-0.2, 0) is 4.79 Å². The van der Waals surface area contributed by atoms with Crippen LogP contribution in [0.1, 0.15) is 39.5 Å². The predicted molar refractivity (Wildman–Crippen MR) is 85.3 cm³/mol. The van der Waals surface area contributed by atoms with Gasteiger partial charge in [-0.15, -0.1) is 0 Å². The van der Waals surface area contributed by atoms with Gasteiger partial charge in [-0.05, 0) is 12.8 Å². The molecule has 6 nitrogen and oxygen atoms in total. The molecule has 0 aromatic heterocycles. The van der Waals surface area contributed by atoms with Crippen LogP contribution in [-0.4, -0.2) is 58.5 Å². The van der Waals surface area contributed by atoms with E-state index in [1.54, 1.807) is 18.8 Å². The first-order valence-electron chi connectivity index (χ1n) is 7.65. The molecular weight excluding hydrogens is 288 g/mol. The molecule has 2 atom stereocenters. The number of aliphatic imine (C=N–C) groups is 1. The van der Waals surface area contributed by atoms with Crippen molar-refractivity contribution in [3.05, 3.63) is 0 Å². The summed E-state index contributed by atoms with van der Waals surface area (Å²) < 4.78 is 0. The molecule has 0 aliphatic carbocycles. The topological polar surface area (TPSA) is 65.0 Å². The number of urea groups is 1. The molecule has 1 fully saturated rings. The molecule has 0 saturated carbocycles. The highest BCUT2D eigenvalue weighted by molar-refractivity contribution is 8.13. The predicted octanol–water partition coefficient (Wildman–Crippen LogP) is 1.87. The van der Waals surface area contributed by atoms with E-state index in [0.29, 0.717) is 0 Å². The number of thioether (sulfide) groups is 1. The van der Waals surface area contributed by atoms with Gasteiger partial charge in [0.15, 0.2) is 17.4 Å². The molecule has 2 aliphatic heterocycles. The van der Waals surface area contributed by atoms with Crippen LogP contribution in [0.5, 0.6) is 0 Å². The van der Waals surface area contributed by atoms with Crippen LogP contribution in [0.15, 0.2) is 4.99 Å². The van der Waals surface area contributed by atoms with E-state index in [0.717, 1.165) is 43.1 Å². The number of carbonyl (C=O) groups is 2. The first kappa shape index (κ1) is 16.1. The van der Waals surface area contributed by atoms with Gasteiger partial charge in [0.05, 0.1) is 0 Å². The summed E-state index contributed by atoms with van der Waals surface area (Å²) in [5, 5.41) is 3.32. The lowest BCUT2D eigenvalue weighted by Gasteiger charge is -2.36. The van der Waals surface area contributed by atoms with Crippen LogP contribution < -0.4 is 5.32 Å². The molecule has 2 rings (SSSR count). The summed E-state index contributed by atoms with van der Waals surface area (Å²) in [5.74, 6) is 0.769. The van der Waals surface area contributed by atoms with E-state index in [9.17, 15) is 9.59 Å². The summed E-state index contributed by atoms with van der Waals surface area (Å²) >= 11 is 1.70. The van der Waals surface area contributed by atoms with Crippen molar-refractivity contribution in [3.8, 4) is 0 Å². The van der Waals surface area contributed by atoms with Crippen LogP contribution in [0.4, 0.5) is 4.79 Å². The van der Waals surface area contributed by atoms with Gasteiger partial charge >= 0.3 is 6.03 Å². The third kappa shape index (κ3) is 3.33. The number of unbranched alkanes of at least 4 members (excludes halogenated alkanes) is 2. The number of nitrogens with zero attached hydrogens (tertiary/aromatic N) is 3. The second-order valence-electron chi connectivity index (χ2n) is 5.42. The lowest BCUT2D eigenvalue weighted by molar-refractivity contribution is -0.127. The van der Waals surface area contributed by atoms with Gasteiger partial charge in [-0.1, -0.05) is 38.5 Å². The first-order chi connectivity index (χ1) is 10.1. The fraction of sp³-hybridized carbons (Fsp3) is 0.786. The lowest BCUT2D eigenvalue weighted by Crippen LogP contribution is -2.63. The number of hydrogen-bond acceptors (Lipinski definition) is 5. The molecule has 0 spiro atoms. The quantitative estimate of drug-likeness (QED) is 0.760. The maximum Gasteiger partial charge on any atom is 0.325 e. The van der Waals surface area contributed by atoms with E-state index in [-0.39, 0.29) is 24.1 Å². The molecule has 7 heteroatoms. The Labute approximate surface area is 130 Å². The summed E-state index contributed by atoms with van der Waals surface area (Å²) in [7, 11) is 1.70. The highest BCUT2D eigenvalue weighted by Gasteiger charge is 2.48.